The molecule has 3 aromatic carbocycles. The highest BCUT2D eigenvalue weighted by Gasteiger charge is 2.18. The van der Waals surface area contributed by atoms with Gasteiger partial charge in [-0.25, -0.2) is 9.97 Å². The number of thiophene rings is 1. The van der Waals surface area contributed by atoms with Crippen molar-refractivity contribution in [1.29, 1.82) is 10.5 Å². The summed E-state index contributed by atoms with van der Waals surface area (Å²) in [5, 5.41) is 18.7. The van der Waals surface area contributed by atoms with Crippen molar-refractivity contribution < 1.29 is 0 Å². The van der Waals surface area contributed by atoms with Crippen LogP contribution >= 0.6 is 11.3 Å². The van der Waals surface area contributed by atoms with E-state index in [1.165, 1.54) is 0 Å². The molecule has 0 atom stereocenters. The van der Waals surface area contributed by atoms with Gasteiger partial charge in [-0.3, -0.25) is 0 Å². The Morgan fingerprint density at radius 2 is 1.27 bits per heavy atom. The molecule has 0 aliphatic heterocycles. The van der Waals surface area contributed by atoms with Crippen LogP contribution in [0.25, 0.3) is 46.1 Å². The molecule has 3 aromatic heterocycles. The average Bonchev–Trinajstić information content (AvgIpc) is 3.81. The number of nitriles is 2. The molecule has 6 aromatic rings. The normalized spacial score (nSPS) is 10.8. The summed E-state index contributed by atoms with van der Waals surface area (Å²) in [7, 11) is 12.0. The summed E-state index contributed by atoms with van der Waals surface area (Å²) >= 11 is 1.62. The molecule has 0 spiro atoms. The first-order valence-corrected chi connectivity index (χ1v) is 16.4. The monoisotopic (exact) mass is 658 g/mol. The van der Waals surface area contributed by atoms with Gasteiger partial charge in [0.2, 0.25) is 0 Å². The molecular formula is C40H34N8S. The fraction of sp³-hybridized carbons (Fsp3) is 0.150. The Bertz CT molecular complexity index is 2310. The van der Waals surface area contributed by atoms with Gasteiger partial charge in [0.25, 0.3) is 0 Å². The van der Waals surface area contributed by atoms with Gasteiger partial charge in [-0.05, 0) is 60.7 Å². The van der Waals surface area contributed by atoms with Gasteiger partial charge in [0.05, 0.1) is 16.3 Å². The van der Waals surface area contributed by atoms with E-state index >= 15 is 0 Å². The number of aromatic nitrogens is 4. The van der Waals surface area contributed by atoms with Crippen molar-refractivity contribution in [1.82, 2.24) is 19.1 Å². The second kappa shape index (κ2) is 13.8. The zero-order valence-electron chi connectivity index (χ0n) is 28.2. The number of anilines is 2. The van der Waals surface area contributed by atoms with E-state index in [0.29, 0.717) is 5.82 Å². The van der Waals surface area contributed by atoms with Crippen LogP contribution in [0.5, 0.6) is 0 Å². The van der Waals surface area contributed by atoms with Crippen molar-refractivity contribution in [2.45, 2.75) is 0 Å². The van der Waals surface area contributed by atoms with Crippen molar-refractivity contribution in [3.63, 3.8) is 0 Å². The van der Waals surface area contributed by atoms with E-state index in [1.54, 1.807) is 23.0 Å². The maximum Gasteiger partial charge on any atom is 0.177 e. The van der Waals surface area contributed by atoms with Gasteiger partial charge in [0, 0.05) is 80.8 Å². The molecule has 6 rings (SSSR count). The SMILES string of the molecule is CN(C)c1ccc(-c2nc(/C=C/c3ccc(C#Cc4ccc(-c5nc(C#N)c(C#N)n5C)cc4)s3)n(C)c2-c2ccc(N(C)C)cc2)cc1. The lowest BCUT2D eigenvalue weighted by Crippen LogP contribution is -2.08. The number of nitrogens with zero attached hydrogens (tertiary/aromatic N) is 8. The molecule has 0 saturated carbocycles. The minimum absolute atomic E-state index is 0.125. The second-order valence-electron chi connectivity index (χ2n) is 11.9. The van der Waals surface area contributed by atoms with Crippen LogP contribution in [0.3, 0.4) is 0 Å². The van der Waals surface area contributed by atoms with Crippen molar-refractivity contribution >= 4 is 34.9 Å². The smallest absolute Gasteiger partial charge is 0.177 e. The summed E-state index contributed by atoms with van der Waals surface area (Å²) < 4.78 is 3.79. The Morgan fingerprint density at radius 3 is 1.84 bits per heavy atom. The first-order valence-electron chi connectivity index (χ1n) is 15.6. The van der Waals surface area contributed by atoms with Crippen LogP contribution in [0.4, 0.5) is 11.4 Å². The predicted molar refractivity (Wildman–Crippen MR) is 200 cm³/mol. The minimum Gasteiger partial charge on any atom is -0.378 e. The van der Waals surface area contributed by atoms with Crippen molar-refractivity contribution in [2.24, 2.45) is 14.1 Å². The summed E-state index contributed by atoms with van der Waals surface area (Å²) in [6, 6.07) is 32.9. The Kier molecular flexibility index (Phi) is 9.18. The van der Waals surface area contributed by atoms with Crippen LogP contribution in [0.2, 0.25) is 0 Å². The maximum atomic E-state index is 9.37. The molecule has 49 heavy (non-hydrogen) atoms. The molecule has 0 bridgehead atoms. The lowest BCUT2D eigenvalue weighted by molar-refractivity contribution is 0.906. The number of hydrogen-bond acceptors (Lipinski definition) is 7. The first kappa shape index (κ1) is 32.6. The fourth-order valence-corrected chi connectivity index (χ4v) is 6.26. The van der Waals surface area contributed by atoms with E-state index in [-0.39, 0.29) is 11.4 Å². The zero-order valence-corrected chi connectivity index (χ0v) is 29.0. The lowest BCUT2D eigenvalue weighted by atomic mass is 10.0. The molecule has 240 valence electrons. The first-order chi connectivity index (χ1) is 23.7. The van der Waals surface area contributed by atoms with E-state index < -0.39 is 0 Å². The summed E-state index contributed by atoms with van der Waals surface area (Å²) in [5.41, 5.74) is 8.49. The average molecular weight is 659 g/mol. The summed E-state index contributed by atoms with van der Waals surface area (Å²) in [4.78, 5) is 15.7. The zero-order chi connectivity index (χ0) is 34.7. The highest BCUT2D eigenvalue weighted by Crippen LogP contribution is 2.35. The van der Waals surface area contributed by atoms with E-state index in [2.05, 4.69) is 105 Å². The Balaban J connectivity index is 1.24. The fourth-order valence-electron chi connectivity index (χ4n) is 5.50. The molecule has 3 heterocycles. The molecule has 0 aliphatic rings. The van der Waals surface area contributed by atoms with Gasteiger partial charge < -0.3 is 18.9 Å². The lowest BCUT2D eigenvalue weighted by Gasteiger charge is -2.14. The van der Waals surface area contributed by atoms with E-state index in [1.807, 2.05) is 70.7 Å². The van der Waals surface area contributed by atoms with Gasteiger partial charge in [-0.1, -0.05) is 48.2 Å². The molecular weight excluding hydrogens is 625 g/mol. The standard InChI is InChI=1S/C40H34N8S/c1-45(2)31-16-12-28(13-17-31)38-39(29-14-18-32(19-15-29)46(3)4)48(6)37(44-38)24-23-34-22-21-33(49-34)20-9-27-7-10-30(11-8-27)40-43-35(25-41)36(26-42)47(40)5/h7-8,10-19,21-24H,1-6H3/b24-23+. The molecule has 0 radical (unpaired) electrons. The quantitative estimate of drug-likeness (QED) is 0.164. The Hall–Kier alpha value is -6.34. The van der Waals surface area contributed by atoms with Gasteiger partial charge in [0.1, 0.15) is 23.8 Å². The second-order valence-corrected chi connectivity index (χ2v) is 13.0. The number of rotatable bonds is 7. The van der Waals surface area contributed by atoms with Crippen LogP contribution in [0.1, 0.15) is 32.5 Å². The molecule has 0 amide bonds. The van der Waals surface area contributed by atoms with Crippen LogP contribution in [-0.4, -0.2) is 47.3 Å². The minimum atomic E-state index is 0.125. The third-order valence-electron chi connectivity index (χ3n) is 8.25. The Morgan fingerprint density at radius 1 is 0.653 bits per heavy atom. The van der Waals surface area contributed by atoms with Gasteiger partial charge in [0.15, 0.2) is 11.4 Å². The number of imidazole rings is 2. The topological polar surface area (TPSA) is 89.7 Å². The van der Waals surface area contributed by atoms with Gasteiger partial charge in [-0.15, -0.1) is 11.3 Å². The third kappa shape index (κ3) is 6.73. The largest absolute Gasteiger partial charge is 0.378 e. The molecule has 0 unspecified atom stereocenters. The van der Waals surface area contributed by atoms with Crippen molar-refractivity contribution in [3.8, 4) is 57.9 Å². The van der Waals surface area contributed by atoms with Gasteiger partial charge in [-0.2, -0.15) is 10.5 Å². The van der Waals surface area contributed by atoms with E-state index in [4.69, 9.17) is 4.98 Å². The predicted octanol–water partition coefficient (Wildman–Crippen LogP) is 7.66. The molecule has 0 aliphatic carbocycles. The molecule has 0 fully saturated rings. The molecule has 0 N–H and O–H groups in total. The van der Waals surface area contributed by atoms with Crippen LogP contribution in [0, 0.1) is 34.5 Å². The van der Waals surface area contributed by atoms with E-state index in [9.17, 15) is 10.5 Å². The summed E-state index contributed by atoms with van der Waals surface area (Å²) in [5.74, 6) is 7.94. The highest BCUT2D eigenvalue weighted by molar-refractivity contribution is 7.13. The highest BCUT2D eigenvalue weighted by atomic mass is 32.1. The van der Waals surface area contributed by atoms with Crippen LogP contribution in [-0.2, 0) is 14.1 Å². The molecule has 8 nitrogen and oxygen atoms in total. The third-order valence-corrected chi connectivity index (χ3v) is 9.21. The molecule has 9 heteroatoms. The summed E-state index contributed by atoms with van der Waals surface area (Å²) in [6.07, 6.45) is 4.15. The number of benzene rings is 3. The molecule has 0 saturated heterocycles. The number of hydrogen-bond donors (Lipinski definition) is 0. The van der Waals surface area contributed by atoms with Crippen molar-refractivity contribution in [3.05, 3.63) is 117 Å². The van der Waals surface area contributed by atoms with Crippen LogP contribution < -0.4 is 9.80 Å². The Labute approximate surface area is 291 Å². The maximum absolute atomic E-state index is 9.37. The van der Waals surface area contributed by atoms with E-state index in [0.717, 1.165) is 60.6 Å². The summed E-state index contributed by atoms with van der Waals surface area (Å²) in [6.45, 7) is 0. The van der Waals surface area contributed by atoms with Crippen LogP contribution in [0.15, 0.2) is 84.9 Å². The van der Waals surface area contributed by atoms with Gasteiger partial charge >= 0.3 is 0 Å². The van der Waals surface area contributed by atoms with Crippen molar-refractivity contribution in [2.75, 3.05) is 38.0 Å².